The zero-order valence-electron chi connectivity index (χ0n) is 10.2. The number of nitrogens with zero attached hydrogens (tertiary/aromatic N) is 1. The van der Waals surface area contributed by atoms with Crippen molar-refractivity contribution < 1.29 is 9.90 Å². The van der Waals surface area contributed by atoms with Crippen molar-refractivity contribution in [1.29, 1.82) is 0 Å². The van der Waals surface area contributed by atoms with Gasteiger partial charge in [0.15, 0.2) is 0 Å². The minimum atomic E-state index is -0.679. The van der Waals surface area contributed by atoms with Crippen LogP contribution >= 0.6 is 15.9 Å². The summed E-state index contributed by atoms with van der Waals surface area (Å²) in [7, 11) is 1.62. The van der Waals surface area contributed by atoms with Gasteiger partial charge in [0.05, 0.1) is 11.2 Å². The third-order valence-corrected chi connectivity index (χ3v) is 3.76. The smallest absolute Gasteiger partial charge is 0.252 e. The summed E-state index contributed by atoms with van der Waals surface area (Å²) in [5.41, 5.74) is -0.587. The summed E-state index contributed by atoms with van der Waals surface area (Å²) >= 11 is 3.26. The maximum Gasteiger partial charge on any atom is 0.252 e. The van der Waals surface area contributed by atoms with E-state index < -0.39 is 5.60 Å². The summed E-state index contributed by atoms with van der Waals surface area (Å²) in [4.78, 5) is 23.5. The monoisotopic (exact) mass is 314 g/mol. The largest absolute Gasteiger partial charge is 0.390 e. The van der Waals surface area contributed by atoms with Crippen LogP contribution in [0.15, 0.2) is 21.5 Å². The second-order valence-electron chi connectivity index (χ2n) is 5.06. The highest BCUT2D eigenvalue weighted by Crippen LogP contribution is 2.31. The van der Waals surface area contributed by atoms with Crippen LogP contribution in [0.3, 0.4) is 0 Å². The van der Waals surface area contributed by atoms with Gasteiger partial charge >= 0.3 is 0 Å². The van der Waals surface area contributed by atoms with Crippen molar-refractivity contribution in [2.24, 2.45) is 7.05 Å². The molecule has 1 fully saturated rings. The molecule has 0 spiro atoms. The Morgan fingerprint density at radius 2 is 2.22 bits per heavy atom. The molecule has 0 bridgehead atoms. The van der Waals surface area contributed by atoms with E-state index in [1.165, 1.54) is 10.6 Å². The lowest BCUT2D eigenvalue weighted by Crippen LogP contribution is -2.53. The molecule has 2 N–H and O–H groups in total. The van der Waals surface area contributed by atoms with E-state index in [0.717, 1.165) is 0 Å². The second-order valence-corrected chi connectivity index (χ2v) is 5.91. The molecule has 6 heteroatoms. The van der Waals surface area contributed by atoms with Crippen LogP contribution in [0.5, 0.6) is 0 Å². The minimum absolute atomic E-state index is 0.0246. The Morgan fingerprint density at radius 3 is 2.78 bits per heavy atom. The molecule has 0 radical (unpaired) electrons. The van der Waals surface area contributed by atoms with E-state index in [1.54, 1.807) is 20.2 Å². The van der Waals surface area contributed by atoms with E-state index in [2.05, 4.69) is 21.2 Å². The van der Waals surface area contributed by atoms with Crippen molar-refractivity contribution >= 4 is 21.8 Å². The zero-order chi connectivity index (χ0) is 13.5. The van der Waals surface area contributed by atoms with Crippen LogP contribution in [0.4, 0.5) is 0 Å². The van der Waals surface area contributed by atoms with Gasteiger partial charge < -0.3 is 15.0 Å². The van der Waals surface area contributed by atoms with Gasteiger partial charge in [-0.15, -0.1) is 0 Å². The average molecular weight is 315 g/mol. The highest BCUT2D eigenvalue weighted by molar-refractivity contribution is 9.10. The number of pyridine rings is 1. The SMILES string of the molecule is Cn1cc(Br)c(C(=O)NC2CC(C)(O)C2)cc1=O. The molecular weight excluding hydrogens is 300 g/mol. The lowest BCUT2D eigenvalue weighted by atomic mass is 9.77. The predicted octanol–water partition coefficient (Wildman–Crippen LogP) is 0.791. The molecule has 0 unspecified atom stereocenters. The van der Waals surface area contributed by atoms with Crippen molar-refractivity contribution in [3.8, 4) is 0 Å². The Hall–Kier alpha value is -1.14. The number of carbonyl (C=O) groups is 1. The van der Waals surface area contributed by atoms with Gasteiger partial charge in [-0.3, -0.25) is 9.59 Å². The third kappa shape index (κ3) is 2.64. The summed E-state index contributed by atoms with van der Waals surface area (Å²) in [5, 5.41) is 12.4. The van der Waals surface area contributed by atoms with Crippen molar-refractivity contribution in [2.75, 3.05) is 0 Å². The quantitative estimate of drug-likeness (QED) is 0.848. The molecule has 98 valence electrons. The first-order chi connectivity index (χ1) is 8.28. The Bertz CT molecular complexity index is 543. The standard InChI is InChI=1S/C12H15BrN2O3/c1-12(18)4-7(5-12)14-11(17)8-3-10(16)15(2)6-9(8)13/h3,6-7,18H,4-5H2,1-2H3,(H,14,17). The molecule has 1 aliphatic rings. The Morgan fingerprint density at radius 1 is 1.61 bits per heavy atom. The fourth-order valence-electron chi connectivity index (χ4n) is 2.14. The molecule has 1 amide bonds. The minimum Gasteiger partial charge on any atom is -0.390 e. The summed E-state index contributed by atoms with van der Waals surface area (Å²) in [6.45, 7) is 1.74. The van der Waals surface area contributed by atoms with E-state index in [9.17, 15) is 14.7 Å². The van der Waals surface area contributed by atoms with Crippen LogP contribution < -0.4 is 10.9 Å². The first kappa shape index (κ1) is 13.3. The molecule has 1 heterocycles. The second kappa shape index (κ2) is 4.51. The number of aryl methyl sites for hydroxylation is 1. The molecule has 2 rings (SSSR count). The van der Waals surface area contributed by atoms with Gasteiger partial charge in [0, 0.05) is 29.8 Å². The molecule has 1 saturated carbocycles. The molecule has 1 aliphatic carbocycles. The van der Waals surface area contributed by atoms with Crippen LogP contribution in [-0.2, 0) is 7.05 Å². The lowest BCUT2D eigenvalue weighted by molar-refractivity contribution is -0.0367. The zero-order valence-corrected chi connectivity index (χ0v) is 11.8. The van der Waals surface area contributed by atoms with Crippen LogP contribution in [-0.4, -0.2) is 27.2 Å². The van der Waals surface area contributed by atoms with E-state index >= 15 is 0 Å². The summed E-state index contributed by atoms with van der Waals surface area (Å²) in [5.74, 6) is -0.292. The van der Waals surface area contributed by atoms with Gasteiger partial charge in [-0.2, -0.15) is 0 Å². The maximum atomic E-state index is 12.0. The number of halogens is 1. The van der Waals surface area contributed by atoms with Gasteiger partial charge in [-0.05, 0) is 35.7 Å². The first-order valence-electron chi connectivity index (χ1n) is 5.68. The van der Waals surface area contributed by atoms with Crippen molar-refractivity contribution in [3.05, 3.63) is 32.7 Å². The van der Waals surface area contributed by atoms with E-state index in [0.29, 0.717) is 22.9 Å². The molecule has 0 atom stereocenters. The van der Waals surface area contributed by atoms with Gasteiger partial charge in [0.1, 0.15) is 0 Å². The van der Waals surface area contributed by atoms with Gasteiger partial charge in [-0.1, -0.05) is 0 Å². The van der Waals surface area contributed by atoms with E-state index in [4.69, 9.17) is 0 Å². The first-order valence-corrected chi connectivity index (χ1v) is 6.47. The number of amides is 1. The molecule has 0 aromatic carbocycles. The van der Waals surface area contributed by atoms with E-state index in [-0.39, 0.29) is 17.5 Å². The normalized spacial score (nSPS) is 26.6. The van der Waals surface area contributed by atoms with Crippen LogP contribution in [0.2, 0.25) is 0 Å². The highest BCUT2D eigenvalue weighted by atomic mass is 79.9. The Balaban J connectivity index is 2.11. The van der Waals surface area contributed by atoms with E-state index in [1.807, 2.05) is 0 Å². The molecule has 1 aromatic heterocycles. The Labute approximate surface area is 113 Å². The fraction of sp³-hybridized carbons (Fsp3) is 0.500. The molecule has 0 aliphatic heterocycles. The fourth-order valence-corrected chi connectivity index (χ4v) is 2.74. The third-order valence-electron chi connectivity index (χ3n) is 3.13. The van der Waals surface area contributed by atoms with Crippen molar-refractivity contribution in [1.82, 2.24) is 9.88 Å². The lowest BCUT2D eigenvalue weighted by Gasteiger charge is -2.41. The molecular formula is C12H15BrN2O3. The van der Waals surface area contributed by atoms with Crippen LogP contribution in [0, 0.1) is 0 Å². The number of hydrogen-bond donors (Lipinski definition) is 2. The number of hydrogen-bond acceptors (Lipinski definition) is 3. The molecule has 18 heavy (non-hydrogen) atoms. The van der Waals surface area contributed by atoms with Crippen LogP contribution in [0.1, 0.15) is 30.1 Å². The summed E-state index contributed by atoms with van der Waals surface area (Å²) in [6.07, 6.45) is 2.65. The number of aromatic nitrogens is 1. The van der Waals surface area contributed by atoms with Gasteiger partial charge in [0.2, 0.25) is 0 Å². The Kier molecular flexibility index (Phi) is 3.33. The van der Waals surface area contributed by atoms with Crippen molar-refractivity contribution in [2.45, 2.75) is 31.4 Å². The topological polar surface area (TPSA) is 71.3 Å². The van der Waals surface area contributed by atoms with Crippen LogP contribution in [0.25, 0.3) is 0 Å². The molecule has 5 nitrogen and oxygen atoms in total. The van der Waals surface area contributed by atoms with Gasteiger partial charge in [0.25, 0.3) is 11.5 Å². The number of rotatable bonds is 2. The average Bonchev–Trinajstić information content (AvgIpc) is 2.20. The number of aliphatic hydroxyl groups is 1. The molecule has 1 aromatic rings. The molecule has 0 saturated heterocycles. The number of nitrogens with one attached hydrogen (secondary N) is 1. The van der Waals surface area contributed by atoms with Crippen molar-refractivity contribution in [3.63, 3.8) is 0 Å². The summed E-state index contributed by atoms with van der Waals surface area (Å²) in [6, 6.07) is 1.28. The maximum absolute atomic E-state index is 12.0. The summed E-state index contributed by atoms with van der Waals surface area (Å²) < 4.78 is 1.97. The van der Waals surface area contributed by atoms with Gasteiger partial charge in [-0.25, -0.2) is 0 Å². The number of carbonyl (C=O) groups excluding carboxylic acids is 1. The predicted molar refractivity (Wildman–Crippen MR) is 70.5 cm³/mol. The highest BCUT2D eigenvalue weighted by Gasteiger charge is 2.39.